The summed E-state index contributed by atoms with van der Waals surface area (Å²) in [5.74, 6) is 0.567. The molecule has 0 spiro atoms. The van der Waals surface area contributed by atoms with Crippen LogP contribution in [0, 0.1) is 5.92 Å². The van der Waals surface area contributed by atoms with Crippen LogP contribution in [0.4, 0.5) is 0 Å². The standard InChI is InChI=1S/C13H18N4/c1-10(2)8-17-9-11(7-14)13(16-17)12-5-3-4-6-15-12/h3-6,9-10H,7-8,14H2,1-2H3. The van der Waals surface area contributed by atoms with Crippen molar-refractivity contribution in [3.63, 3.8) is 0 Å². The van der Waals surface area contributed by atoms with Crippen molar-refractivity contribution >= 4 is 0 Å². The van der Waals surface area contributed by atoms with E-state index in [9.17, 15) is 0 Å². The maximum Gasteiger partial charge on any atom is 0.115 e. The van der Waals surface area contributed by atoms with Crippen LogP contribution in [0.25, 0.3) is 11.4 Å². The maximum atomic E-state index is 5.75. The van der Waals surface area contributed by atoms with E-state index in [-0.39, 0.29) is 0 Å². The van der Waals surface area contributed by atoms with Gasteiger partial charge in [0.05, 0.1) is 5.69 Å². The fourth-order valence-electron chi connectivity index (χ4n) is 1.80. The van der Waals surface area contributed by atoms with Crippen LogP contribution in [0.5, 0.6) is 0 Å². The molecule has 2 aromatic heterocycles. The number of nitrogens with two attached hydrogens (primary N) is 1. The molecule has 90 valence electrons. The quantitative estimate of drug-likeness (QED) is 0.874. The van der Waals surface area contributed by atoms with Gasteiger partial charge in [-0.15, -0.1) is 0 Å². The van der Waals surface area contributed by atoms with E-state index in [2.05, 4.69) is 23.9 Å². The van der Waals surface area contributed by atoms with Crippen molar-refractivity contribution in [2.45, 2.75) is 26.9 Å². The van der Waals surface area contributed by atoms with Crippen LogP contribution in [-0.2, 0) is 13.1 Å². The number of hydrogen-bond acceptors (Lipinski definition) is 3. The SMILES string of the molecule is CC(C)Cn1cc(CN)c(-c2ccccn2)n1. The summed E-state index contributed by atoms with van der Waals surface area (Å²) in [4.78, 5) is 4.32. The summed E-state index contributed by atoms with van der Waals surface area (Å²) >= 11 is 0. The Labute approximate surface area is 101 Å². The minimum absolute atomic E-state index is 0.490. The third kappa shape index (κ3) is 2.71. The third-order valence-electron chi connectivity index (χ3n) is 2.52. The van der Waals surface area contributed by atoms with Crippen molar-refractivity contribution in [3.05, 3.63) is 36.2 Å². The Hall–Kier alpha value is -1.68. The first kappa shape index (κ1) is 11.8. The average molecular weight is 230 g/mol. The highest BCUT2D eigenvalue weighted by Crippen LogP contribution is 2.19. The average Bonchev–Trinajstić information content (AvgIpc) is 2.72. The van der Waals surface area contributed by atoms with Gasteiger partial charge in [-0.1, -0.05) is 19.9 Å². The van der Waals surface area contributed by atoms with Crippen molar-refractivity contribution in [1.29, 1.82) is 0 Å². The molecule has 0 aromatic carbocycles. The molecule has 0 amide bonds. The fourth-order valence-corrected chi connectivity index (χ4v) is 1.80. The summed E-state index contributed by atoms with van der Waals surface area (Å²) in [7, 11) is 0. The molecule has 2 rings (SSSR count). The minimum Gasteiger partial charge on any atom is -0.326 e. The molecule has 0 fully saturated rings. The molecule has 0 aliphatic heterocycles. The monoisotopic (exact) mass is 230 g/mol. The molecule has 0 saturated heterocycles. The molecule has 2 aromatic rings. The highest BCUT2D eigenvalue weighted by atomic mass is 15.3. The van der Waals surface area contributed by atoms with Crippen molar-refractivity contribution in [2.75, 3.05) is 0 Å². The number of hydrogen-bond donors (Lipinski definition) is 1. The zero-order valence-electron chi connectivity index (χ0n) is 10.3. The van der Waals surface area contributed by atoms with Gasteiger partial charge >= 0.3 is 0 Å². The van der Waals surface area contributed by atoms with Crippen molar-refractivity contribution in [1.82, 2.24) is 14.8 Å². The van der Waals surface area contributed by atoms with E-state index in [0.29, 0.717) is 12.5 Å². The number of aromatic nitrogens is 3. The minimum atomic E-state index is 0.490. The van der Waals surface area contributed by atoms with E-state index in [1.807, 2.05) is 29.1 Å². The van der Waals surface area contributed by atoms with Gasteiger partial charge in [0.2, 0.25) is 0 Å². The normalized spacial score (nSPS) is 11.1. The summed E-state index contributed by atoms with van der Waals surface area (Å²) in [6.07, 6.45) is 3.79. The lowest BCUT2D eigenvalue weighted by Gasteiger charge is -2.03. The summed E-state index contributed by atoms with van der Waals surface area (Å²) in [6.45, 7) is 5.73. The van der Waals surface area contributed by atoms with E-state index in [1.165, 1.54) is 0 Å². The predicted octanol–water partition coefficient (Wildman–Crippen LogP) is 2.06. The van der Waals surface area contributed by atoms with Gasteiger partial charge in [0, 0.05) is 31.0 Å². The largest absolute Gasteiger partial charge is 0.326 e. The first-order valence-corrected chi connectivity index (χ1v) is 5.88. The van der Waals surface area contributed by atoms with E-state index < -0.39 is 0 Å². The molecule has 0 aliphatic rings. The summed E-state index contributed by atoms with van der Waals surface area (Å²) in [5, 5.41) is 4.57. The smallest absolute Gasteiger partial charge is 0.115 e. The molecule has 0 radical (unpaired) electrons. The summed E-state index contributed by atoms with van der Waals surface area (Å²) in [5.41, 5.74) is 8.58. The second kappa shape index (κ2) is 5.10. The maximum absolute atomic E-state index is 5.75. The third-order valence-corrected chi connectivity index (χ3v) is 2.52. The molecule has 17 heavy (non-hydrogen) atoms. The van der Waals surface area contributed by atoms with Crippen LogP contribution in [0.3, 0.4) is 0 Å². The van der Waals surface area contributed by atoms with E-state index >= 15 is 0 Å². The molecular weight excluding hydrogens is 212 g/mol. The zero-order chi connectivity index (χ0) is 12.3. The Bertz CT molecular complexity index is 473. The van der Waals surface area contributed by atoms with Crippen LogP contribution in [0.2, 0.25) is 0 Å². The number of rotatable bonds is 4. The lowest BCUT2D eigenvalue weighted by Crippen LogP contribution is -2.04. The fraction of sp³-hybridized carbons (Fsp3) is 0.385. The highest BCUT2D eigenvalue weighted by Gasteiger charge is 2.11. The van der Waals surface area contributed by atoms with Gasteiger partial charge in [0.15, 0.2) is 0 Å². The van der Waals surface area contributed by atoms with Gasteiger partial charge in [-0.25, -0.2) is 0 Å². The molecular formula is C13H18N4. The molecule has 0 atom stereocenters. The second-order valence-corrected chi connectivity index (χ2v) is 4.54. The summed E-state index contributed by atoms with van der Waals surface area (Å²) < 4.78 is 1.96. The second-order valence-electron chi connectivity index (χ2n) is 4.54. The van der Waals surface area contributed by atoms with E-state index in [1.54, 1.807) is 6.20 Å². The van der Waals surface area contributed by atoms with Gasteiger partial charge in [0.25, 0.3) is 0 Å². The molecule has 4 nitrogen and oxygen atoms in total. The van der Waals surface area contributed by atoms with Crippen molar-refractivity contribution < 1.29 is 0 Å². The van der Waals surface area contributed by atoms with Crippen LogP contribution in [0.15, 0.2) is 30.6 Å². The van der Waals surface area contributed by atoms with Crippen molar-refractivity contribution in [2.24, 2.45) is 11.7 Å². The topological polar surface area (TPSA) is 56.7 Å². The Balaban J connectivity index is 2.36. The van der Waals surface area contributed by atoms with Gasteiger partial charge in [-0.05, 0) is 18.1 Å². The van der Waals surface area contributed by atoms with Crippen LogP contribution in [0.1, 0.15) is 19.4 Å². The molecule has 4 heteroatoms. The van der Waals surface area contributed by atoms with E-state index in [4.69, 9.17) is 5.73 Å². The number of pyridine rings is 1. The van der Waals surface area contributed by atoms with Crippen LogP contribution >= 0.6 is 0 Å². The Morgan fingerprint density at radius 1 is 1.35 bits per heavy atom. The first-order valence-electron chi connectivity index (χ1n) is 5.88. The molecule has 0 saturated carbocycles. The van der Waals surface area contributed by atoms with Gasteiger partial charge in [-0.2, -0.15) is 5.10 Å². The molecule has 2 N–H and O–H groups in total. The van der Waals surface area contributed by atoms with Gasteiger partial charge in [-0.3, -0.25) is 9.67 Å². The lowest BCUT2D eigenvalue weighted by atomic mass is 10.2. The number of nitrogens with zero attached hydrogens (tertiary/aromatic N) is 3. The van der Waals surface area contributed by atoms with Crippen LogP contribution in [-0.4, -0.2) is 14.8 Å². The summed E-state index contributed by atoms with van der Waals surface area (Å²) in [6, 6.07) is 5.82. The Morgan fingerprint density at radius 2 is 2.18 bits per heavy atom. The molecule has 0 aliphatic carbocycles. The highest BCUT2D eigenvalue weighted by molar-refractivity contribution is 5.57. The Morgan fingerprint density at radius 3 is 2.76 bits per heavy atom. The first-order chi connectivity index (χ1) is 8.20. The van der Waals surface area contributed by atoms with Crippen LogP contribution < -0.4 is 5.73 Å². The van der Waals surface area contributed by atoms with Crippen molar-refractivity contribution in [3.8, 4) is 11.4 Å². The predicted molar refractivity (Wildman–Crippen MR) is 68.2 cm³/mol. The van der Waals surface area contributed by atoms with Gasteiger partial charge < -0.3 is 5.73 Å². The molecule has 2 heterocycles. The Kier molecular flexibility index (Phi) is 3.54. The zero-order valence-corrected chi connectivity index (χ0v) is 10.3. The van der Waals surface area contributed by atoms with E-state index in [0.717, 1.165) is 23.5 Å². The molecule has 0 unspecified atom stereocenters. The molecule has 0 bridgehead atoms. The van der Waals surface area contributed by atoms with Gasteiger partial charge in [0.1, 0.15) is 5.69 Å². The lowest BCUT2D eigenvalue weighted by molar-refractivity contribution is 0.483.